The molecule has 0 saturated heterocycles. The third-order valence-corrected chi connectivity index (χ3v) is 5.58. The Hall–Kier alpha value is -4.33. The summed E-state index contributed by atoms with van der Waals surface area (Å²) in [5, 5.41) is 2.74. The fraction of sp³-hybridized carbons (Fsp3) is 0.160. The Morgan fingerprint density at radius 3 is 2.45 bits per heavy atom. The number of carbonyl (C=O) groups excluding carboxylic acids is 3. The van der Waals surface area contributed by atoms with Crippen LogP contribution in [-0.4, -0.2) is 23.9 Å². The molecular weight excluding hydrogens is 420 g/mol. The van der Waals surface area contributed by atoms with E-state index in [-0.39, 0.29) is 23.5 Å². The first-order valence-electron chi connectivity index (χ1n) is 10.5. The number of benzene rings is 3. The molecule has 168 valence electrons. The Bertz CT molecular complexity index is 1200. The number of primary amides is 1. The zero-order valence-corrected chi connectivity index (χ0v) is 17.9. The van der Waals surface area contributed by atoms with E-state index in [1.807, 2.05) is 48.5 Å². The van der Waals surface area contributed by atoms with E-state index < -0.39 is 23.9 Å². The summed E-state index contributed by atoms with van der Waals surface area (Å²) in [7, 11) is 0. The van der Waals surface area contributed by atoms with Crippen molar-refractivity contribution in [1.29, 1.82) is 0 Å². The van der Waals surface area contributed by atoms with Gasteiger partial charge in [0.05, 0.1) is 22.6 Å². The summed E-state index contributed by atoms with van der Waals surface area (Å²) >= 11 is 0. The van der Waals surface area contributed by atoms with Crippen LogP contribution in [0.3, 0.4) is 0 Å². The van der Waals surface area contributed by atoms with Crippen LogP contribution in [0.2, 0.25) is 0 Å². The molecule has 5 N–H and O–H groups in total. The Morgan fingerprint density at radius 2 is 1.70 bits per heavy atom. The van der Waals surface area contributed by atoms with E-state index in [9.17, 15) is 14.4 Å². The quantitative estimate of drug-likeness (QED) is 0.519. The van der Waals surface area contributed by atoms with Crippen LogP contribution in [-0.2, 0) is 22.6 Å². The first-order chi connectivity index (χ1) is 16.0. The van der Waals surface area contributed by atoms with Crippen molar-refractivity contribution in [2.75, 3.05) is 16.0 Å². The van der Waals surface area contributed by atoms with Gasteiger partial charge < -0.3 is 21.5 Å². The molecule has 1 atom stereocenters. The molecule has 8 heteroatoms. The van der Waals surface area contributed by atoms with Crippen LogP contribution in [0.4, 0.5) is 21.9 Å². The van der Waals surface area contributed by atoms with Crippen LogP contribution in [0.1, 0.15) is 27.9 Å². The molecule has 0 radical (unpaired) electrons. The van der Waals surface area contributed by atoms with Gasteiger partial charge in [-0.25, -0.2) is 4.79 Å². The normalized spacial score (nSPS) is 14.8. The number of hydrogen-bond donors (Lipinski definition) is 3. The molecule has 8 nitrogen and oxygen atoms in total. The lowest BCUT2D eigenvalue weighted by Gasteiger charge is -2.35. The fourth-order valence-corrected chi connectivity index (χ4v) is 3.91. The smallest absolute Gasteiger partial charge is 0.415 e. The summed E-state index contributed by atoms with van der Waals surface area (Å²) < 4.78 is 5.55. The number of aryl methyl sites for hydroxylation is 1. The zero-order chi connectivity index (χ0) is 23.4. The number of anilines is 3. The lowest BCUT2D eigenvalue weighted by molar-refractivity contribution is -0.117. The molecule has 33 heavy (non-hydrogen) atoms. The van der Waals surface area contributed by atoms with E-state index in [1.54, 1.807) is 18.2 Å². The Morgan fingerprint density at radius 1 is 0.970 bits per heavy atom. The maximum absolute atomic E-state index is 13.3. The van der Waals surface area contributed by atoms with Crippen molar-refractivity contribution < 1.29 is 19.1 Å². The number of carbonyl (C=O) groups is 3. The van der Waals surface area contributed by atoms with E-state index in [0.717, 1.165) is 11.1 Å². The van der Waals surface area contributed by atoms with Crippen molar-refractivity contribution in [3.8, 4) is 0 Å². The summed E-state index contributed by atoms with van der Waals surface area (Å²) in [4.78, 5) is 39.4. The van der Waals surface area contributed by atoms with Crippen LogP contribution in [0.5, 0.6) is 0 Å². The van der Waals surface area contributed by atoms with Crippen molar-refractivity contribution >= 4 is 35.0 Å². The number of amides is 3. The monoisotopic (exact) mass is 444 g/mol. The van der Waals surface area contributed by atoms with E-state index in [2.05, 4.69) is 5.32 Å². The second-order valence-electron chi connectivity index (χ2n) is 7.71. The number of ether oxygens (including phenoxy) is 1. The molecule has 1 heterocycles. The molecule has 0 aromatic heterocycles. The average molecular weight is 444 g/mol. The predicted molar refractivity (Wildman–Crippen MR) is 126 cm³/mol. The van der Waals surface area contributed by atoms with E-state index >= 15 is 0 Å². The molecule has 0 fully saturated rings. The molecule has 3 aromatic carbocycles. The summed E-state index contributed by atoms with van der Waals surface area (Å²) in [5.41, 5.74) is 14.2. The second-order valence-corrected chi connectivity index (χ2v) is 7.71. The summed E-state index contributed by atoms with van der Waals surface area (Å²) in [6, 6.07) is 20.6. The van der Waals surface area contributed by atoms with Gasteiger partial charge in [0, 0.05) is 0 Å². The number of nitrogens with zero attached hydrogens (tertiary/aromatic N) is 1. The number of fused-ring (bicyclic) bond motifs is 1. The Labute approximate surface area is 191 Å². The average Bonchev–Trinajstić information content (AvgIpc) is 2.83. The van der Waals surface area contributed by atoms with Gasteiger partial charge in [0.15, 0.2) is 0 Å². The molecule has 4 rings (SSSR count). The minimum atomic E-state index is -0.820. The maximum atomic E-state index is 13.3. The van der Waals surface area contributed by atoms with Crippen molar-refractivity contribution in [3.63, 3.8) is 0 Å². The van der Waals surface area contributed by atoms with Gasteiger partial charge in [-0.3, -0.25) is 14.5 Å². The van der Waals surface area contributed by atoms with Gasteiger partial charge in [0.2, 0.25) is 5.91 Å². The van der Waals surface area contributed by atoms with Crippen LogP contribution in [0, 0.1) is 0 Å². The minimum Gasteiger partial charge on any atom is -0.444 e. The summed E-state index contributed by atoms with van der Waals surface area (Å²) in [5.74, 6) is -1.13. The molecule has 3 amide bonds. The van der Waals surface area contributed by atoms with Crippen LogP contribution in [0.25, 0.3) is 0 Å². The number of nitrogens with one attached hydrogen (secondary N) is 1. The second kappa shape index (κ2) is 9.44. The topological polar surface area (TPSA) is 128 Å². The number of nitrogens with two attached hydrogens (primary N) is 2. The first kappa shape index (κ1) is 21.9. The summed E-state index contributed by atoms with van der Waals surface area (Å²) in [6.45, 7) is 0.0836. The van der Waals surface area contributed by atoms with Crippen LogP contribution < -0.4 is 21.7 Å². The van der Waals surface area contributed by atoms with Gasteiger partial charge in [-0.15, -0.1) is 0 Å². The standard InChI is InChI=1S/C25H24N4O4/c26-22-18(23(27)30)10-6-11-19(22)28-24(31)21-14-13-17-9-4-5-12-20(17)29(21)25(32)33-15-16-7-2-1-3-8-16/h1-12,21H,13-15,26H2,(H2,27,30)(H,28,31). The number of nitrogen functional groups attached to an aromatic ring is 1. The van der Waals surface area contributed by atoms with Gasteiger partial charge in [-0.1, -0.05) is 54.6 Å². The van der Waals surface area contributed by atoms with Crippen molar-refractivity contribution in [2.24, 2.45) is 5.73 Å². The molecule has 0 spiro atoms. The van der Waals surface area contributed by atoms with Crippen molar-refractivity contribution in [3.05, 3.63) is 89.5 Å². The number of rotatable bonds is 5. The molecule has 0 aliphatic carbocycles. The van der Waals surface area contributed by atoms with Crippen LogP contribution >= 0.6 is 0 Å². The van der Waals surface area contributed by atoms with Crippen LogP contribution in [0.15, 0.2) is 72.8 Å². The highest BCUT2D eigenvalue weighted by Gasteiger charge is 2.37. The van der Waals surface area contributed by atoms with Crippen molar-refractivity contribution in [2.45, 2.75) is 25.5 Å². The maximum Gasteiger partial charge on any atom is 0.415 e. The Kier molecular flexibility index (Phi) is 6.26. The lowest BCUT2D eigenvalue weighted by Crippen LogP contribution is -2.50. The third kappa shape index (κ3) is 4.64. The van der Waals surface area contributed by atoms with E-state index in [1.165, 1.54) is 11.0 Å². The molecule has 3 aromatic rings. The van der Waals surface area contributed by atoms with E-state index in [4.69, 9.17) is 16.2 Å². The molecular formula is C25H24N4O4. The molecule has 0 saturated carbocycles. The van der Waals surface area contributed by atoms with E-state index in [0.29, 0.717) is 18.5 Å². The molecule has 1 unspecified atom stereocenters. The van der Waals surface area contributed by atoms with Gasteiger partial charge in [-0.05, 0) is 42.2 Å². The van der Waals surface area contributed by atoms with Gasteiger partial charge in [0.1, 0.15) is 12.6 Å². The number of para-hydroxylation sites is 2. The SMILES string of the molecule is NC(=O)c1cccc(NC(=O)C2CCc3ccccc3N2C(=O)OCc2ccccc2)c1N. The fourth-order valence-electron chi connectivity index (χ4n) is 3.91. The van der Waals surface area contributed by atoms with Crippen molar-refractivity contribution in [1.82, 2.24) is 0 Å². The highest BCUT2D eigenvalue weighted by atomic mass is 16.6. The zero-order valence-electron chi connectivity index (χ0n) is 17.9. The van der Waals surface area contributed by atoms with Gasteiger partial charge in [-0.2, -0.15) is 0 Å². The number of hydrogen-bond acceptors (Lipinski definition) is 5. The molecule has 0 bridgehead atoms. The lowest BCUT2D eigenvalue weighted by atomic mass is 9.95. The predicted octanol–water partition coefficient (Wildman–Crippen LogP) is 3.46. The first-order valence-corrected chi connectivity index (χ1v) is 10.5. The Balaban J connectivity index is 1.59. The highest BCUT2D eigenvalue weighted by molar-refractivity contribution is 6.07. The van der Waals surface area contributed by atoms with Gasteiger partial charge in [0.25, 0.3) is 5.91 Å². The third-order valence-electron chi connectivity index (χ3n) is 5.58. The van der Waals surface area contributed by atoms with Gasteiger partial charge >= 0.3 is 6.09 Å². The summed E-state index contributed by atoms with van der Waals surface area (Å²) in [6.07, 6.45) is 0.400. The molecule has 1 aliphatic heterocycles. The highest BCUT2D eigenvalue weighted by Crippen LogP contribution is 2.32. The minimum absolute atomic E-state index is 0.0766. The molecule has 1 aliphatic rings. The largest absolute Gasteiger partial charge is 0.444 e.